The van der Waals surface area contributed by atoms with E-state index in [4.69, 9.17) is 13.8 Å². The second kappa shape index (κ2) is 56.5. The van der Waals surface area contributed by atoms with Gasteiger partial charge in [-0.3, -0.25) is 18.6 Å². The van der Waals surface area contributed by atoms with Crippen molar-refractivity contribution >= 4 is 19.7 Å². The number of carbonyl (C=O) groups excluding carboxylic acids is 2. The lowest BCUT2D eigenvalue weighted by Crippen LogP contribution is -2.47. The molecule has 3 unspecified atom stereocenters. The van der Waals surface area contributed by atoms with Crippen molar-refractivity contribution in [3.63, 3.8) is 0 Å². The molecule has 0 aliphatic heterocycles. The van der Waals surface area contributed by atoms with Crippen LogP contribution >= 0.6 is 7.82 Å². The molecule has 0 bridgehead atoms. The third-order valence-corrected chi connectivity index (χ3v) is 14.8. The number of unbranched alkanes of at least 4 members (excludes halogenated alkanes) is 29. The highest BCUT2D eigenvalue weighted by molar-refractivity contribution is 7.47. The van der Waals surface area contributed by atoms with Gasteiger partial charge in [0, 0.05) is 12.8 Å². The SMILES string of the molecule is CCCCC/C=C\C/C=C\C/C=C\C/C=C\CCCCCCCCCC(=O)NC(COP(=O)(O)OCC[N+](C)(C)C)C(/C=C\CCCCCCCCCCC)OC(=O)CCCCCCCCC/C=C\C/C=C\CCCCC. The third kappa shape index (κ3) is 57.7. The van der Waals surface area contributed by atoms with E-state index in [-0.39, 0.29) is 31.5 Å². The van der Waals surface area contributed by atoms with Gasteiger partial charge >= 0.3 is 13.8 Å². The molecule has 0 aliphatic carbocycles. The predicted octanol–water partition coefficient (Wildman–Crippen LogP) is 19.8. The topological polar surface area (TPSA) is 111 Å². The molecular formula is C67H122N2O7P+. The van der Waals surface area contributed by atoms with Crippen LogP contribution in [0, 0.1) is 0 Å². The first-order valence-electron chi connectivity index (χ1n) is 31.9. The Hall–Kier alpha value is -2.81. The fourth-order valence-corrected chi connectivity index (χ4v) is 9.57. The van der Waals surface area contributed by atoms with Crippen LogP contribution in [0.25, 0.3) is 0 Å². The summed E-state index contributed by atoms with van der Waals surface area (Å²) in [4.78, 5) is 37.7. The zero-order chi connectivity index (χ0) is 56.4. The molecule has 0 saturated heterocycles. The number of quaternary nitrogens is 1. The quantitative estimate of drug-likeness (QED) is 0.0205. The molecule has 446 valence electrons. The molecule has 0 aromatic carbocycles. The van der Waals surface area contributed by atoms with Gasteiger partial charge in [-0.25, -0.2) is 4.57 Å². The van der Waals surface area contributed by atoms with Crippen molar-refractivity contribution < 1.29 is 37.3 Å². The summed E-state index contributed by atoms with van der Waals surface area (Å²) in [5.41, 5.74) is 0. The first-order valence-corrected chi connectivity index (χ1v) is 33.4. The van der Waals surface area contributed by atoms with E-state index in [1.54, 1.807) is 0 Å². The average Bonchev–Trinajstić information content (AvgIpc) is 3.39. The predicted molar refractivity (Wildman–Crippen MR) is 332 cm³/mol. The molecule has 77 heavy (non-hydrogen) atoms. The monoisotopic (exact) mass is 1100 g/mol. The Labute approximate surface area is 476 Å². The zero-order valence-electron chi connectivity index (χ0n) is 50.9. The Balaban J connectivity index is 5.21. The summed E-state index contributed by atoms with van der Waals surface area (Å²) in [6.07, 6.45) is 74.3. The fraction of sp³-hybridized carbons (Fsp3) is 0.761. The summed E-state index contributed by atoms with van der Waals surface area (Å²) < 4.78 is 30.7. The second-order valence-electron chi connectivity index (χ2n) is 22.6. The van der Waals surface area contributed by atoms with Gasteiger partial charge in [-0.2, -0.15) is 0 Å². The van der Waals surface area contributed by atoms with Gasteiger partial charge in [0.05, 0.1) is 33.8 Å². The minimum atomic E-state index is -4.46. The molecule has 0 radical (unpaired) electrons. The maximum Gasteiger partial charge on any atom is 0.472 e. The molecule has 0 aliphatic rings. The number of hydrogen-bond acceptors (Lipinski definition) is 6. The number of rotatable bonds is 57. The van der Waals surface area contributed by atoms with E-state index in [0.717, 1.165) is 109 Å². The minimum absolute atomic E-state index is 0.0332. The molecule has 0 spiro atoms. The minimum Gasteiger partial charge on any atom is -0.456 e. The number of amides is 1. The maximum absolute atomic E-state index is 13.6. The zero-order valence-corrected chi connectivity index (χ0v) is 51.8. The van der Waals surface area contributed by atoms with Crippen LogP contribution in [-0.4, -0.2) is 74.3 Å². The highest BCUT2D eigenvalue weighted by Gasteiger charge is 2.30. The van der Waals surface area contributed by atoms with Crippen molar-refractivity contribution in [2.75, 3.05) is 40.9 Å². The molecule has 0 fully saturated rings. The highest BCUT2D eigenvalue weighted by Crippen LogP contribution is 2.43. The smallest absolute Gasteiger partial charge is 0.456 e. The Morgan fingerprint density at radius 1 is 0.455 bits per heavy atom. The van der Waals surface area contributed by atoms with Crippen molar-refractivity contribution in [2.45, 2.75) is 290 Å². The Morgan fingerprint density at radius 3 is 1.21 bits per heavy atom. The van der Waals surface area contributed by atoms with Gasteiger partial charge in [0.25, 0.3) is 0 Å². The van der Waals surface area contributed by atoms with Crippen LogP contribution in [0.15, 0.2) is 85.1 Å². The van der Waals surface area contributed by atoms with Crippen LogP contribution < -0.4 is 5.32 Å². The Bertz CT molecular complexity index is 1590. The summed E-state index contributed by atoms with van der Waals surface area (Å²) in [5.74, 6) is -0.527. The van der Waals surface area contributed by atoms with Gasteiger partial charge in [0.15, 0.2) is 0 Å². The van der Waals surface area contributed by atoms with Crippen molar-refractivity contribution in [3.8, 4) is 0 Å². The molecule has 10 heteroatoms. The van der Waals surface area contributed by atoms with Crippen LogP contribution in [0.1, 0.15) is 278 Å². The van der Waals surface area contributed by atoms with E-state index < -0.39 is 20.0 Å². The number of carbonyl (C=O) groups is 2. The van der Waals surface area contributed by atoms with Crippen LogP contribution in [0.3, 0.4) is 0 Å². The molecule has 1 amide bonds. The Morgan fingerprint density at radius 2 is 0.792 bits per heavy atom. The van der Waals surface area contributed by atoms with Gasteiger partial charge in [-0.1, -0.05) is 241 Å². The second-order valence-corrected chi connectivity index (χ2v) is 24.0. The van der Waals surface area contributed by atoms with Crippen LogP contribution in [0.5, 0.6) is 0 Å². The highest BCUT2D eigenvalue weighted by atomic mass is 31.2. The average molecular weight is 1100 g/mol. The standard InChI is InChI=1S/C67H121N2O7P/c1-7-10-13-16-19-22-25-27-29-31-32-33-34-35-36-38-39-41-44-47-50-53-56-59-66(70)68-64(63-75-77(72,73)74-62-61-69(4,5)6)65(58-55-52-49-46-43-24-21-18-15-12-9-3)76-67(71)60-57-54-51-48-45-42-40-37-30-28-26-23-20-17-14-11-8-2/h19-20,22-23,27-30,32-33,35-36,55,58,64-65H,7-18,21,24-26,31,34,37-54,56-57,59-63H2,1-6H3,(H-,68,70,72,73)/p+1/b22-19-,23-20-,29-27-,30-28-,33-32-,36-35-,58-55-. The van der Waals surface area contributed by atoms with Crippen LogP contribution in [-0.2, 0) is 27.9 Å². The number of ether oxygens (including phenoxy) is 1. The van der Waals surface area contributed by atoms with E-state index in [2.05, 4.69) is 99.0 Å². The number of phosphoric ester groups is 1. The maximum atomic E-state index is 13.6. The number of likely N-dealkylation sites (N-methyl/N-ethyl adjacent to an activating group) is 1. The van der Waals surface area contributed by atoms with Gasteiger partial charge in [0.2, 0.25) is 5.91 Å². The number of allylic oxidation sites excluding steroid dienone is 13. The third-order valence-electron chi connectivity index (χ3n) is 13.8. The van der Waals surface area contributed by atoms with Crippen LogP contribution in [0.2, 0.25) is 0 Å². The largest absolute Gasteiger partial charge is 0.472 e. The summed E-state index contributed by atoms with van der Waals surface area (Å²) in [6, 6.07) is -0.861. The molecule has 2 N–H and O–H groups in total. The first kappa shape index (κ1) is 74.2. The van der Waals surface area contributed by atoms with Crippen molar-refractivity contribution in [1.29, 1.82) is 0 Å². The number of phosphoric acid groups is 1. The summed E-state index contributed by atoms with van der Waals surface area (Å²) in [6.45, 7) is 6.94. The van der Waals surface area contributed by atoms with E-state index in [9.17, 15) is 19.0 Å². The summed E-state index contributed by atoms with van der Waals surface area (Å²) >= 11 is 0. The van der Waals surface area contributed by atoms with E-state index >= 15 is 0 Å². The summed E-state index contributed by atoms with van der Waals surface area (Å²) in [5, 5.41) is 3.05. The molecule has 3 atom stereocenters. The first-order chi connectivity index (χ1) is 37.4. The van der Waals surface area contributed by atoms with Crippen molar-refractivity contribution in [2.24, 2.45) is 0 Å². The van der Waals surface area contributed by atoms with Crippen molar-refractivity contribution in [1.82, 2.24) is 5.32 Å². The lowest BCUT2D eigenvalue weighted by Gasteiger charge is -2.27. The number of hydrogen-bond donors (Lipinski definition) is 2. The molecule has 0 aromatic heterocycles. The molecular weight excluding hydrogens is 976 g/mol. The van der Waals surface area contributed by atoms with Gasteiger partial charge in [-0.05, 0) is 109 Å². The number of nitrogens with one attached hydrogen (secondary N) is 1. The molecule has 0 rings (SSSR count). The van der Waals surface area contributed by atoms with Gasteiger partial charge in [0.1, 0.15) is 19.3 Å². The van der Waals surface area contributed by atoms with E-state index in [1.807, 2.05) is 33.3 Å². The van der Waals surface area contributed by atoms with E-state index in [1.165, 1.54) is 135 Å². The molecule has 9 nitrogen and oxygen atoms in total. The number of nitrogens with zero attached hydrogens (tertiary/aromatic N) is 1. The van der Waals surface area contributed by atoms with E-state index in [0.29, 0.717) is 17.4 Å². The Kier molecular flexibility index (Phi) is 54.4. The molecule has 0 saturated carbocycles. The van der Waals surface area contributed by atoms with Gasteiger partial charge in [-0.15, -0.1) is 0 Å². The fourth-order valence-electron chi connectivity index (χ4n) is 8.84. The summed E-state index contributed by atoms with van der Waals surface area (Å²) in [7, 11) is 1.48. The lowest BCUT2D eigenvalue weighted by molar-refractivity contribution is -0.870. The van der Waals surface area contributed by atoms with Gasteiger partial charge < -0.3 is 19.4 Å². The molecule has 0 heterocycles. The lowest BCUT2D eigenvalue weighted by atomic mass is 10.1. The molecule has 0 aromatic rings. The van der Waals surface area contributed by atoms with Crippen LogP contribution in [0.4, 0.5) is 0 Å². The number of esters is 1. The van der Waals surface area contributed by atoms with Crippen molar-refractivity contribution in [3.05, 3.63) is 85.1 Å². The normalized spacial score (nSPS) is 14.2.